The number of nitrogens with zero attached hydrogens (tertiary/aromatic N) is 1. The van der Waals surface area contributed by atoms with Gasteiger partial charge in [-0.05, 0) is 61.1 Å². The van der Waals surface area contributed by atoms with Crippen molar-refractivity contribution in [2.75, 3.05) is 0 Å². The zero-order valence-electron chi connectivity index (χ0n) is 22.1. The van der Waals surface area contributed by atoms with Crippen molar-refractivity contribution in [2.24, 2.45) is 5.92 Å². The highest BCUT2D eigenvalue weighted by Gasteiger charge is 2.61. The van der Waals surface area contributed by atoms with Crippen LogP contribution in [0, 0.1) is 5.92 Å². The minimum Gasteiger partial charge on any atom is -0.481 e. The normalized spacial score (nSPS) is 25.7. The van der Waals surface area contributed by atoms with Gasteiger partial charge >= 0.3 is 18.3 Å². The van der Waals surface area contributed by atoms with Crippen molar-refractivity contribution in [3.63, 3.8) is 0 Å². The van der Waals surface area contributed by atoms with Crippen molar-refractivity contribution in [3.8, 4) is 0 Å². The molecule has 3 aromatic carbocycles. The molecule has 3 aromatic rings. The van der Waals surface area contributed by atoms with Crippen LogP contribution >= 0.6 is 0 Å². The van der Waals surface area contributed by atoms with Gasteiger partial charge in [-0.25, -0.2) is 0 Å². The summed E-state index contributed by atoms with van der Waals surface area (Å²) in [5, 5.41) is 10.2. The van der Waals surface area contributed by atoms with E-state index in [9.17, 15) is 36.2 Å². The fourth-order valence-electron chi connectivity index (χ4n) is 6.54. The van der Waals surface area contributed by atoms with Gasteiger partial charge in [-0.15, -0.1) is 0 Å². The van der Waals surface area contributed by atoms with Crippen LogP contribution in [0.3, 0.4) is 0 Å². The molecular formula is C31H29F6NO3. The molecule has 5 atom stereocenters. The van der Waals surface area contributed by atoms with Crippen molar-refractivity contribution >= 4 is 5.97 Å². The van der Waals surface area contributed by atoms with Crippen molar-refractivity contribution in [2.45, 2.75) is 68.9 Å². The van der Waals surface area contributed by atoms with E-state index in [1.807, 2.05) is 60.7 Å². The van der Waals surface area contributed by atoms with E-state index in [1.165, 1.54) is 6.92 Å². The van der Waals surface area contributed by atoms with Gasteiger partial charge in [0.25, 0.3) is 0 Å². The molecule has 10 heteroatoms. The van der Waals surface area contributed by atoms with E-state index >= 15 is 0 Å². The van der Waals surface area contributed by atoms with Gasteiger partial charge in [-0.1, -0.05) is 60.7 Å². The summed E-state index contributed by atoms with van der Waals surface area (Å²) in [5.74, 6) is -1.68. The second kappa shape index (κ2) is 10.8. The molecule has 2 saturated heterocycles. The van der Waals surface area contributed by atoms with Gasteiger partial charge in [0, 0.05) is 12.6 Å². The molecule has 2 aliphatic rings. The number of fused-ring (bicyclic) bond motifs is 2. The Labute approximate surface area is 233 Å². The van der Waals surface area contributed by atoms with E-state index in [0.717, 1.165) is 11.1 Å². The lowest BCUT2D eigenvalue weighted by Gasteiger charge is -2.50. The van der Waals surface area contributed by atoms with Gasteiger partial charge in [0.05, 0.1) is 34.8 Å². The monoisotopic (exact) mass is 577 g/mol. The Morgan fingerprint density at radius 3 is 2.02 bits per heavy atom. The summed E-state index contributed by atoms with van der Waals surface area (Å²) in [4.78, 5) is 14.6. The van der Waals surface area contributed by atoms with Crippen molar-refractivity contribution in [3.05, 3.63) is 107 Å². The van der Waals surface area contributed by atoms with E-state index in [-0.39, 0.29) is 24.1 Å². The molecule has 2 aliphatic heterocycles. The molecule has 0 aromatic heterocycles. The van der Waals surface area contributed by atoms with E-state index in [4.69, 9.17) is 4.74 Å². The van der Waals surface area contributed by atoms with Gasteiger partial charge in [0.1, 0.15) is 0 Å². The predicted octanol–water partition coefficient (Wildman–Crippen LogP) is 7.84. The first-order valence-corrected chi connectivity index (χ1v) is 13.3. The number of piperidine rings is 1. The number of hydrogen-bond donors (Lipinski definition) is 1. The first-order valence-electron chi connectivity index (χ1n) is 13.3. The Morgan fingerprint density at radius 1 is 0.927 bits per heavy atom. The van der Waals surface area contributed by atoms with E-state index in [1.54, 1.807) is 0 Å². The van der Waals surface area contributed by atoms with Crippen molar-refractivity contribution < 1.29 is 41.0 Å². The maximum atomic E-state index is 13.6. The second-order valence-corrected chi connectivity index (χ2v) is 10.8. The SMILES string of the molecule is CC(OC1CCC2C(C(=O)O)CC1(c1ccccc1)N2Cc1ccccc1)c1cc(C(F)(F)F)cc(C(F)(F)F)c1. The predicted molar refractivity (Wildman–Crippen MR) is 139 cm³/mol. The summed E-state index contributed by atoms with van der Waals surface area (Å²) < 4.78 is 87.8. The maximum Gasteiger partial charge on any atom is 0.416 e. The van der Waals surface area contributed by atoms with Crippen LogP contribution in [0.15, 0.2) is 78.9 Å². The first kappa shape index (κ1) is 29.1. The minimum atomic E-state index is -4.98. The van der Waals surface area contributed by atoms with Gasteiger partial charge < -0.3 is 9.84 Å². The average molecular weight is 578 g/mol. The third-order valence-electron chi connectivity index (χ3n) is 8.40. The number of halogens is 6. The van der Waals surface area contributed by atoms with Crippen LogP contribution in [0.5, 0.6) is 0 Å². The van der Waals surface area contributed by atoms with Crippen LogP contribution in [0.4, 0.5) is 26.3 Å². The van der Waals surface area contributed by atoms with Gasteiger partial charge in [0.15, 0.2) is 0 Å². The number of benzene rings is 3. The Morgan fingerprint density at radius 2 is 1.49 bits per heavy atom. The number of ether oxygens (including phenoxy) is 1. The number of carboxylic acid groups (broad SMARTS) is 1. The Kier molecular flexibility index (Phi) is 7.67. The van der Waals surface area contributed by atoms with E-state index < -0.39 is 53.1 Å². The summed E-state index contributed by atoms with van der Waals surface area (Å²) in [6.45, 7) is 1.84. The van der Waals surface area contributed by atoms with E-state index in [2.05, 4.69) is 4.90 Å². The molecule has 0 radical (unpaired) electrons. The number of rotatable bonds is 7. The smallest absolute Gasteiger partial charge is 0.416 e. The molecule has 1 N–H and O–H groups in total. The van der Waals surface area contributed by atoms with Gasteiger partial charge in [-0.2, -0.15) is 26.3 Å². The zero-order chi connectivity index (χ0) is 29.6. The largest absolute Gasteiger partial charge is 0.481 e. The molecule has 4 nitrogen and oxygen atoms in total. The summed E-state index contributed by atoms with van der Waals surface area (Å²) in [6.07, 6.45) is -10.8. The minimum absolute atomic E-state index is 0.100. The molecule has 2 fully saturated rings. The molecular weight excluding hydrogens is 548 g/mol. The topological polar surface area (TPSA) is 49.8 Å². The van der Waals surface area contributed by atoms with Gasteiger partial charge in [-0.3, -0.25) is 9.69 Å². The fraction of sp³-hybridized carbons (Fsp3) is 0.387. The van der Waals surface area contributed by atoms with Crippen molar-refractivity contribution in [1.82, 2.24) is 4.90 Å². The lowest BCUT2D eigenvalue weighted by Crippen LogP contribution is -2.56. The number of aliphatic carboxylic acids is 1. The summed E-state index contributed by atoms with van der Waals surface area (Å²) in [6, 6.07) is 19.9. The standard InChI is InChI=1S/C31H29F6NO3/c1-19(21-14-23(30(32,33)34)16-24(15-21)31(35,36)37)41-27-13-12-26-25(28(39)40)17-29(27,22-10-6-3-7-11-22)38(26)18-20-8-4-2-5-9-20/h2-11,14-16,19,25-27H,12-13,17-18H2,1H3,(H,39,40). The summed E-state index contributed by atoms with van der Waals surface area (Å²) in [5.41, 5.74) is -2.29. The highest BCUT2D eigenvalue weighted by Crippen LogP contribution is 2.55. The molecule has 2 bridgehead atoms. The summed E-state index contributed by atoms with van der Waals surface area (Å²) >= 11 is 0. The van der Waals surface area contributed by atoms with Crippen LogP contribution in [0.1, 0.15) is 60.1 Å². The fourth-order valence-corrected chi connectivity index (χ4v) is 6.54. The quantitative estimate of drug-likeness (QED) is 0.291. The molecule has 5 unspecified atom stereocenters. The molecule has 0 amide bonds. The zero-order valence-corrected chi connectivity index (χ0v) is 22.1. The Hall–Kier alpha value is -3.37. The highest BCUT2D eigenvalue weighted by molar-refractivity contribution is 5.72. The molecule has 218 valence electrons. The number of carboxylic acids is 1. The first-order chi connectivity index (χ1) is 19.3. The van der Waals surface area contributed by atoms with Crippen LogP contribution in [0.25, 0.3) is 0 Å². The van der Waals surface area contributed by atoms with Crippen LogP contribution < -0.4 is 0 Å². The molecule has 2 heterocycles. The lowest BCUT2D eigenvalue weighted by atomic mass is 9.78. The maximum absolute atomic E-state index is 13.6. The average Bonchev–Trinajstić information content (AvgIpc) is 3.15. The molecule has 0 saturated carbocycles. The number of hydrogen-bond acceptors (Lipinski definition) is 3. The third-order valence-corrected chi connectivity index (χ3v) is 8.40. The summed E-state index contributed by atoms with van der Waals surface area (Å²) in [7, 11) is 0. The molecule has 0 aliphatic carbocycles. The van der Waals surface area contributed by atoms with Crippen LogP contribution in [-0.2, 0) is 34.0 Å². The van der Waals surface area contributed by atoms with Crippen molar-refractivity contribution in [1.29, 1.82) is 0 Å². The van der Waals surface area contributed by atoms with Crippen LogP contribution in [0.2, 0.25) is 0 Å². The Bertz CT molecular complexity index is 1350. The number of carbonyl (C=O) groups is 1. The second-order valence-electron chi connectivity index (χ2n) is 10.8. The Balaban J connectivity index is 1.58. The lowest BCUT2D eigenvalue weighted by molar-refractivity contribution is -0.145. The molecule has 5 rings (SSSR count). The molecule has 0 spiro atoms. The van der Waals surface area contributed by atoms with E-state index in [0.29, 0.717) is 31.5 Å². The van der Waals surface area contributed by atoms with Gasteiger partial charge in [0.2, 0.25) is 0 Å². The highest BCUT2D eigenvalue weighted by atomic mass is 19.4. The van der Waals surface area contributed by atoms with Crippen LogP contribution in [-0.4, -0.2) is 28.1 Å². The third kappa shape index (κ3) is 5.59. The number of alkyl halides is 6. The molecule has 41 heavy (non-hydrogen) atoms.